The lowest BCUT2D eigenvalue weighted by molar-refractivity contribution is 0.0738. The lowest BCUT2D eigenvalue weighted by Crippen LogP contribution is -2.37. The molecule has 5 heteroatoms. The summed E-state index contributed by atoms with van der Waals surface area (Å²) < 4.78 is 0. The molecule has 0 bridgehead atoms. The molecule has 0 saturated carbocycles. The maximum absolute atomic E-state index is 12.6. The van der Waals surface area contributed by atoms with Crippen molar-refractivity contribution in [2.45, 2.75) is 24.4 Å². The molecular formula is C16H19N3OS. The molecule has 0 aliphatic carbocycles. The van der Waals surface area contributed by atoms with Crippen LogP contribution < -0.4 is 0 Å². The van der Waals surface area contributed by atoms with E-state index in [0.29, 0.717) is 5.56 Å². The van der Waals surface area contributed by atoms with Crippen molar-refractivity contribution in [1.29, 1.82) is 0 Å². The first-order chi connectivity index (χ1) is 10.1. The fourth-order valence-corrected chi connectivity index (χ4v) is 2.61. The highest BCUT2D eigenvalue weighted by Crippen LogP contribution is 2.19. The van der Waals surface area contributed by atoms with Crippen LogP contribution in [-0.4, -0.2) is 40.1 Å². The van der Waals surface area contributed by atoms with Crippen molar-refractivity contribution in [3.63, 3.8) is 0 Å². The average Bonchev–Trinajstić information content (AvgIpc) is 2.54. The van der Waals surface area contributed by atoms with Gasteiger partial charge in [0.25, 0.3) is 5.91 Å². The summed E-state index contributed by atoms with van der Waals surface area (Å²) in [7, 11) is 1.83. The van der Waals surface area contributed by atoms with Crippen LogP contribution in [-0.2, 0) is 6.42 Å². The molecule has 0 radical (unpaired) electrons. The number of rotatable bonds is 5. The van der Waals surface area contributed by atoms with Gasteiger partial charge in [-0.1, -0.05) is 6.07 Å². The summed E-state index contributed by atoms with van der Waals surface area (Å²) in [6, 6.07) is 9.52. The van der Waals surface area contributed by atoms with Gasteiger partial charge in [-0.15, -0.1) is 11.8 Å². The van der Waals surface area contributed by atoms with Crippen molar-refractivity contribution in [3.8, 4) is 0 Å². The van der Waals surface area contributed by atoms with E-state index in [0.717, 1.165) is 17.1 Å². The second kappa shape index (κ2) is 7.22. The molecule has 0 fully saturated rings. The van der Waals surface area contributed by atoms with Crippen LogP contribution in [0.3, 0.4) is 0 Å². The Morgan fingerprint density at radius 3 is 2.67 bits per heavy atom. The van der Waals surface area contributed by atoms with Gasteiger partial charge in [0.1, 0.15) is 5.03 Å². The SMILES string of the molecule is CSc1ncccc1C(=O)N(C)[C@@H](C)Cc1ccccn1. The largest absolute Gasteiger partial charge is 0.339 e. The van der Waals surface area contributed by atoms with Gasteiger partial charge < -0.3 is 4.90 Å². The topological polar surface area (TPSA) is 46.1 Å². The van der Waals surface area contributed by atoms with Crippen LogP contribution in [0.15, 0.2) is 47.8 Å². The zero-order valence-electron chi connectivity index (χ0n) is 12.5. The van der Waals surface area contributed by atoms with E-state index in [4.69, 9.17) is 0 Å². The van der Waals surface area contributed by atoms with Crippen LogP contribution in [0.1, 0.15) is 23.0 Å². The summed E-state index contributed by atoms with van der Waals surface area (Å²) in [4.78, 5) is 22.9. The summed E-state index contributed by atoms with van der Waals surface area (Å²) in [5.74, 6) is -0.00381. The molecule has 110 valence electrons. The molecule has 2 heterocycles. The number of thioether (sulfide) groups is 1. The minimum Gasteiger partial charge on any atom is -0.339 e. The Balaban J connectivity index is 2.11. The summed E-state index contributed by atoms with van der Waals surface area (Å²) in [5.41, 5.74) is 1.64. The highest BCUT2D eigenvalue weighted by atomic mass is 32.2. The third kappa shape index (κ3) is 3.82. The average molecular weight is 301 g/mol. The number of likely N-dealkylation sites (N-methyl/N-ethyl adjacent to an activating group) is 1. The van der Waals surface area contributed by atoms with E-state index >= 15 is 0 Å². The number of hydrogen-bond donors (Lipinski definition) is 0. The van der Waals surface area contributed by atoms with Crippen LogP contribution in [0.4, 0.5) is 0 Å². The van der Waals surface area contributed by atoms with Crippen molar-refractivity contribution in [1.82, 2.24) is 14.9 Å². The Hall–Kier alpha value is -1.88. The monoisotopic (exact) mass is 301 g/mol. The van der Waals surface area contributed by atoms with E-state index in [1.807, 2.05) is 44.5 Å². The third-order valence-corrected chi connectivity index (χ3v) is 4.12. The second-order valence-electron chi connectivity index (χ2n) is 4.85. The Morgan fingerprint density at radius 2 is 2.00 bits per heavy atom. The van der Waals surface area contributed by atoms with Crippen molar-refractivity contribution < 1.29 is 4.79 Å². The van der Waals surface area contributed by atoms with E-state index in [-0.39, 0.29) is 11.9 Å². The Morgan fingerprint density at radius 1 is 1.24 bits per heavy atom. The molecule has 0 unspecified atom stereocenters. The number of nitrogens with zero attached hydrogens (tertiary/aromatic N) is 3. The molecule has 1 atom stereocenters. The van der Waals surface area contributed by atoms with Crippen molar-refractivity contribution in [2.24, 2.45) is 0 Å². The fourth-order valence-electron chi connectivity index (χ4n) is 2.06. The molecular weight excluding hydrogens is 282 g/mol. The van der Waals surface area contributed by atoms with E-state index in [9.17, 15) is 4.79 Å². The van der Waals surface area contributed by atoms with Crippen LogP contribution in [0, 0.1) is 0 Å². The molecule has 0 aromatic carbocycles. The number of hydrogen-bond acceptors (Lipinski definition) is 4. The second-order valence-corrected chi connectivity index (χ2v) is 5.65. The van der Waals surface area contributed by atoms with Gasteiger partial charge in [0, 0.05) is 37.6 Å². The van der Waals surface area contributed by atoms with E-state index in [1.165, 1.54) is 11.8 Å². The highest BCUT2D eigenvalue weighted by Gasteiger charge is 2.20. The molecule has 1 amide bonds. The van der Waals surface area contributed by atoms with E-state index < -0.39 is 0 Å². The van der Waals surface area contributed by atoms with Gasteiger partial charge in [0.2, 0.25) is 0 Å². The van der Waals surface area contributed by atoms with Gasteiger partial charge in [0.15, 0.2) is 0 Å². The number of carbonyl (C=O) groups is 1. The first-order valence-electron chi connectivity index (χ1n) is 6.79. The van der Waals surface area contributed by atoms with E-state index in [1.54, 1.807) is 23.4 Å². The van der Waals surface area contributed by atoms with Gasteiger partial charge >= 0.3 is 0 Å². The molecule has 0 N–H and O–H groups in total. The number of carbonyl (C=O) groups excluding carboxylic acids is 1. The predicted molar refractivity (Wildman–Crippen MR) is 85.5 cm³/mol. The number of pyridine rings is 2. The van der Waals surface area contributed by atoms with Gasteiger partial charge in [-0.2, -0.15) is 0 Å². The van der Waals surface area contributed by atoms with E-state index in [2.05, 4.69) is 9.97 Å². The molecule has 2 aromatic heterocycles. The zero-order chi connectivity index (χ0) is 15.2. The summed E-state index contributed by atoms with van der Waals surface area (Å²) in [6.45, 7) is 2.03. The zero-order valence-corrected chi connectivity index (χ0v) is 13.3. The molecule has 0 aliphatic rings. The summed E-state index contributed by atoms with van der Waals surface area (Å²) >= 11 is 1.49. The van der Waals surface area contributed by atoms with Gasteiger partial charge in [0.05, 0.1) is 5.56 Å². The fraction of sp³-hybridized carbons (Fsp3) is 0.312. The minimum atomic E-state index is -0.00381. The van der Waals surface area contributed by atoms with Crippen molar-refractivity contribution in [2.75, 3.05) is 13.3 Å². The van der Waals surface area contributed by atoms with Crippen molar-refractivity contribution >= 4 is 17.7 Å². The first-order valence-corrected chi connectivity index (χ1v) is 8.02. The summed E-state index contributed by atoms with van der Waals surface area (Å²) in [5, 5.41) is 0.763. The maximum Gasteiger partial charge on any atom is 0.256 e. The number of aromatic nitrogens is 2. The highest BCUT2D eigenvalue weighted by molar-refractivity contribution is 7.98. The quantitative estimate of drug-likeness (QED) is 0.797. The lowest BCUT2D eigenvalue weighted by Gasteiger charge is -2.25. The van der Waals surface area contributed by atoms with Gasteiger partial charge in [-0.05, 0) is 37.4 Å². The number of amides is 1. The lowest BCUT2D eigenvalue weighted by atomic mass is 10.1. The molecule has 4 nitrogen and oxygen atoms in total. The summed E-state index contributed by atoms with van der Waals surface area (Å²) in [6.07, 6.45) is 6.14. The molecule has 21 heavy (non-hydrogen) atoms. The van der Waals surface area contributed by atoms with Crippen LogP contribution in [0.5, 0.6) is 0 Å². The molecule has 0 spiro atoms. The van der Waals surface area contributed by atoms with Crippen LogP contribution in [0.25, 0.3) is 0 Å². The third-order valence-electron chi connectivity index (χ3n) is 3.41. The standard InChI is InChI=1S/C16H19N3OS/c1-12(11-13-7-4-5-9-17-13)19(2)16(20)14-8-6-10-18-15(14)21-3/h4-10,12H,11H2,1-3H3/t12-/m0/s1. The molecule has 2 aromatic rings. The predicted octanol–water partition coefficient (Wildman–Crippen LogP) is 2.90. The normalized spacial score (nSPS) is 12.0. The molecule has 0 saturated heterocycles. The Labute approximate surface area is 129 Å². The van der Waals surface area contributed by atoms with Crippen LogP contribution in [0.2, 0.25) is 0 Å². The molecule has 0 aliphatic heterocycles. The Bertz CT molecular complexity index is 603. The van der Waals surface area contributed by atoms with Gasteiger partial charge in [-0.25, -0.2) is 4.98 Å². The molecule has 2 rings (SSSR count). The van der Waals surface area contributed by atoms with Crippen molar-refractivity contribution in [3.05, 3.63) is 54.0 Å². The first kappa shape index (κ1) is 15.5. The minimum absolute atomic E-state index is 0.00381. The maximum atomic E-state index is 12.6. The van der Waals surface area contributed by atoms with Gasteiger partial charge in [-0.3, -0.25) is 9.78 Å². The van der Waals surface area contributed by atoms with Crippen LogP contribution >= 0.6 is 11.8 Å². The Kier molecular flexibility index (Phi) is 5.33. The smallest absolute Gasteiger partial charge is 0.256 e.